The summed E-state index contributed by atoms with van der Waals surface area (Å²) in [5.41, 5.74) is 3.40. The van der Waals surface area contributed by atoms with Crippen LogP contribution in [0.4, 0.5) is 0 Å². The van der Waals surface area contributed by atoms with Crippen molar-refractivity contribution in [3.63, 3.8) is 0 Å². The van der Waals surface area contributed by atoms with Crippen LogP contribution in [0.15, 0.2) is 59.7 Å². The van der Waals surface area contributed by atoms with Gasteiger partial charge in [-0.15, -0.1) is 0 Å². The van der Waals surface area contributed by atoms with Crippen molar-refractivity contribution in [3.05, 3.63) is 71.3 Å². The standard InChI is InChI=1S/C23H26N4O3/c1-24-23(30)19-10-8-17(9-11-19)16-26(2)21(28)12-13-22(29)27-15-14-20(25-27)18-6-4-3-5-7-18/h3-11H,12-16H2,1-2H3,(H,24,30). The summed E-state index contributed by atoms with van der Waals surface area (Å²) in [7, 11) is 3.29. The Morgan fingerprint density at radius 2 is 1.73 bits per heavy atom. The molecule has 0 atom stereocenters. The van der Waals surface area contributed by atoms with Gasteiger partial charge in [-0.05, 0) is 23.3 Å². The predicted molar refractivity (Wildman–Crippen MR) is 115 cm³/mol. The van der Waals surface area contributed by atoms with Gasteiger partial charge in [-0.3, -0.25) is 14.4 Å². The van der Waals surface area contributed by atoms with E-state index in [1.54, 1.807) is 31.1 Å². The summed E-state index contributed by atoms with van der Waals surface area (Å²) >= 11 is 0. The number of nitrogens with zero attached hydrogens (tertiary/aromatic N) is 3. The van der Waals surface area contributed by atoms with Gasteiger partial charge in [0.15, 0.2) is 0 Å². The van der Waals surface area contributed by atoms with Crippen LogP contribution in [0.1, 0.15) is 40.7 Å². The Morgan fingerprint density at radius 3 is 2.40 bits per heavy atom. The molecule has 2 aromatic carbocycles. The van der Waals surface area contributed by atoms with Gasteiger partial charge in [-0.25, -0.2) is 5.01 Å². The monoisotopic (exact) mass is 406 g/mol. The van der Waals surface area contributed by atoms with Gasteiger partial charge in [0, 0.05) is 45.5 Å². The van der Waals surface area contributed by atoms with E-state index in [1.165, 1.54) is 5.01 Å². The molecule has 0 bridgehead atoms. The molecule has 0 unspecified atom stereocenters. The zero-order valence-electron chi connectivity index (χ0n) is 17.3. The normalized spacial score (nSPS) is 13.0. The summed E-state index contributed by atoms with van der Waals surface area (Å²) in [5, 5.41) is 8.46. The molecule has 1 aliphatic rings. The number of rotatable bonds is 7. The highest BCUT2D eigenvalue weighted by Crippen LogP contribution is 2.15. The zero-order chi connectivity index (χ0) is 21.5. The zero-order valence-corrected chi connectivity index (χ0v) is 17.3. The highest BCUT2D eigenvalue weighted by molar-refractivity contribution is 6.02. The van der Waals surface area contributed by atoms with Crippen LogP contribution in [-0.2, 0) is 16.1 Å². The van der Waals surface area contributed by atoms with Crippen molar-refractivity contribution < 1.29 is 14.4 Å². The molecule has 0 spiro atoms. The summed E-state index contributed by atoms with van der Waals surface area (Å²) in [5.74, 6) is -0.396. The lowest BCUT2D eigenvalue weighted by Crippen LogP contribution is -2.29. The van der Waals surface area contributed by atoms with E-state index in [-0.39, 0.29) is 30.6 Å². The van der Waals surface area contributed by atoms with Crippen molar-refractivity contribution in [2.45, 2.75) is 25.8 Å². The Hall–Kier alpha value is -3.48. The second-order valence-corrected chi connectivity index (χ2v) is 7.21. The van der Waals surface area contributed by atoms with Gasteiger partial charge >= 0.3 is 0 Å². The van der Waals surface area contributed by atoms with E-state index in [0.29, 0.717) is 18.7 Å². The molecule has 0 aliphatic carbocycles. The fourth-order valence-electron chi connectivity index (χ4n) is 3.27. The molecule has 0 fully saturated rings. The largest absolute Gasteiger partial charge is 0.355 e. The molecule has 0 saturated heterocycles. The quantitative estimate of drug-likeness (QED) is 0.767. The minimum absolute atomic E-state index is 0.106. The van der Waals surface area contributed by atoms with Gasteiger partial charge in [0.05, 0.1) is 12.3 Å². The molecular formula is C23H26N4O3. The van der Waals surface area contributed by atoms with Gasteiger partial charge in [0.25, 0.3) is 5.91 Å². The van der Waals surface area contributed by atoms with Gasteiger partial charge in [0.2, 0.25) is 11.8 Å². The fraction of sp³-hybridized carbons (Fsp3) is 0.304. The van der Waals surface area contributed by atoms with E-state index >= 15 is 0 Å². The Labute approximate surface area is 176 Å². The van der Waals surface area contributed by atoms with Gasteiger partial charge in [0.1, 0.15) is 0 Å². The van der Waals surface area contributed by atoms with E-state index in [0.717, 1.165) is 23.3 Å². The maximum atomic E-state index is 12.4. The predicted octanol–water partition coefficient (Wildman–Crippen LogP) is 2.42. The third kappa shape index (κ3) is 5.31. The number of benzene rings is 2. The lowest BCUT2D eigenvalue weighted by atomic mass is 10.1. The Kier molecular flexibility index (Phi) is 6.95. The molecule has 0 radical (unpaired) electrons. The molecule has 2 aromatic rings. The Bertz CT molecular complexity index is 939. The van der Waals surface area contributed by atoms with E-state index < -0.39 is 0 Å². The Morgan fingerprint density at radius 1 is 1.03 bits per heavy atom. The first-order valence-electron chi connectivity index (χ1n) is 9.96. The molecule has 0 saturated carbocycles. The maximum absolute atomic E-state index is 12.4. The number of nitrogens with one attached hydrogen (secondary N) is 1. The van der Waals surface area contributed by atoms with E-state index in [2.05, 4.69) is 10.4 Å². The molecule has 30 heavy (non-hydrogen) atoms. The van der Waals surface area contributed by atoms with Gasteiger partial charge < -0.3 is 10.2 Å². The van der Waals surface area contributed by atoms with Crippen LogP contribution in [0.3, 0.4) is 0 Å². The molecule has 7 heteroatoms. The number of amides is 3. The van der Waals surface area contributed by atoms with Crippen molar-refractivity contribution >= 4 is 23.4 Å². The molecule has 1 aliphatic heterocycles. The second-order valence-electron chi connectivity index (χ2n) is 7.21. The molecule has 3 rings (SSSR count). The molecule has 156 valence electrons. The summed E-state index contributed by atoms with van der Waals surface area (Å²) < 4.78 is 0. The SMILES string of the molecule is CNC(=O)c1ccc(CN(C)C(=O)CCC(=O)N2CCC(c3ccccc3)=N2)cc1. The smallest absolute Gasteiger partial charge is 0.251 e. The average Bonchev–Trinajstić information content (AvgIpc) is 3.28. The first kappa shape index (κ1) is 21.2. The van der Waals surface area contributed by atoms with E-state index in [4.69, 9.17) is 0 Å². The number of hydrogen-bond acceptors (Lipinski definition) is 4. The van der Waals surface area contributed by atoms with Crippen LogP contribution < -0.4 is 5.32 Å². The van der Waals surface area contributed by atoms with E-state index in [9.17, 15) is 14.4 Å². The molecule has 3 amide bonds. The van der Waals surface area contributed by atoms with Gasteiger partial charge in [-0.1, -0.05) is 42.5 Å². The minimum atomic E-state index is -0.149. The molecule has 0 aromatic heterocycles. The van der Waals surface area contributed by atoms with Crippen LogP contribution >= 0.6 is 0 Å². The Balaban J connectivity index is 1.48. The fourth-order valence-corrected chi connectivity index (χ4v) is 3.27. The molecule has 1 heterocycles. The number of hydrazone groups is 1. The first-order chi connectivity index (χ1) is 14.5. The number of carbonyl (C=O) groups is 3. The van der Waals surface area contributed by atoms with Crippen molar-refractivity contribution in [2.75, 3.05) is 20.6 Å². The minimum Gasteiger partial charge on any atom is -0.355 e. The lowest BCUT2D eigenvalue weighted by Gasteiger charge is -2.18. The topological polar surface area (TPSA) is 82.1 Å². The van der Waals surface area contributed by atoms with Crippen molar-refractivity contribution in [1.82, 2.24) is 15.2 Å². The molecular weight excluding hydrogens is 380 g/mol. The van der Waals surface area contributed by atoms with E-state index in [1.807, 2.05) is 42.5 Å². The van der Waals surface area contributed by atoms with Crippen LogP contribution in [0.5, 0.6) is 0 Å². The third-order valence-electron chi connectivity index (χ3n) is 5.04. The van der Waals surface area contributed by atoms with Gasteiger partial charge in [-0.2, -0.15) is 5.10 Å². The van der Waals surface area contributed by atoms with Crippen LogP contribution in [0.25, 0.3) is 0 Å². The molecule has 1 N–H and O–H groups in total. The summed E-state index contributed by atoms with van der Waals surface area (Å²) in [6.45, 7) is 0.964. The van der Waals surface area contributed by atoms with Crippen molar-refractivity contribution in [3.8, 4) is 0 Å². The maximum Gasteiger partial charge on any atom is 0.251 e. The second kappa shape index (κ2) is 9.82. The number of hydrogen-bond donors (Lipinski definition) is 1. The average molecular weight is 406 g/mol. The summed E-state index contributed by atoms with van der Waals surface area (Å²) in [6, 6.07) is 16.9. The molecule has 7 nitrogen and oxygen atoms in total. The summed E-state index contributed by atoms with van der Waals surface area (Å²) in [4.78, 5) is 38.1. The third-order valence-corrected chi connectivity index (χ3v) is 5.04. The van der Waals surface area contributed by atoms with Crippen molar-refractivity contribution in [2.24, 2.45) is 5.10 Å². The first-order valence-corrected chi connectivity index (χ1v) is 9.96. The highest BCUT2D eigenvalue weighted by Gasteiger charge is 2.22. The van der Waals surface area contributed by atoms with Crippen molar-refractivity contribution in [1.29, 1.82) is 0 Å². The van der Waals surface area contributed by atoms with Crippen LogP contribution in [0.2, 0.25) is 0 Å². The lowest BCUT2D eigenvalue weighted by molar-refractivity contribution is -0.136. The summed E-state index contributed by atoms with van der Waals surface area (Å²) in [6.07, 6.45) is 0.984. The van der Waals surface area contributed by atoms with Crippen LogP contribution in [-0.4, -0.2) is 54.0 Å². The highest BCUT2D eigenvalue weighted by atomic mass is 16.2. The van der Waals surface area contributed by atoms with Crippen LogP contribution in [0, 0.1) is 0 Å². The number of carbonyl (C=O) groups excluding carboxylic acids is 3.